The van der Waals surface area contributed by atoms with Gasteiger partial charge in [-0.1, -0.05) is 42.5 Å². The monoisotopic (exact) mass is 250 g/mol. The molecular weight excluding hydrogens is 240 g/mol. The van der Waals surface area contributed by atoms with E-state index in [0.717, 1.165) is 22.0 Å². The SMILES string of the molecule is Sc1cccc2c1Oc1cccc3cccc-2c13. The van der Waals surface area contributed by atoms with Crippen LogP contribution in [-0.2, 0) is 0 Å². The van der Waals surface area contributed by atoms with E-state index in [9.17, 15) is 0 Å². The third-order valence-electron chi connectivity index (χ3n) is 3.36. The zero-order valence-electron chi connectivity index (χ0n) is 9.55. The Hall–Kier alpha value is -1.93. The van der Waals surface area contributed by atoms with Gasteiger partial charge in [0.05, 0.1) is 0 Å². The van der Waals surface area contributed by atoms with Gasteiger partial charge in [-0.25, -0.2) is 0 Å². The van der Waals surface area contributed by atoms with Crippen LogP contribution in [0.4, 0.5) is 0 Å². The van der Waals surface area contributed by atoms with E-state index >= 15 is 0 Å². The number of para-hydroxylation sites is 1. The molecule has 0 aliphatic carbocycles. The van der Waals surface area contributed by atoms with Crippen LogP contribution in [0.25, 0.3) is 21.9 Å². The van der Waals surface area contributed by atoms with E-state index < -0.39 is 0 Å². The number of rotatable bonds is 0. The highest BCUT2D eigenvalue weighted by Gasteiger charge is 2.20. The Kier molecular flexibility index (Phi) is 1.97. The van der Waals surface area contributed by atoms with Gasteiger partial charge in [-0.15, -0.1) is 12.6 Å². The number of benzene rings is 3. The van der Waals surface area contributed by atoms with E-state index in [0.29, 0.717) is 0 Å². The zero-order valence-corrected chi connectivity index (χ0v) is 10.4. The molecule has 0 bridgehead atoms. The lowest BCUT2D eigenvalue weighted by molar-refractivity contribution is 0.475. The fraction of sp³-hybridized carbons (Fsp3) is 0. The minimum Gasteiger partial charge on any atom is -0.455 e. The molecule has 0 atom stereocenters. The molecule has 0 amide bonds. The molecule has 0 radical (unpaired) electrons. The van der Waals surface area contributed by atoms with Crippen molar-refractivity contribution in [3.63, 3.8) is 0 Å². The number of hydrogen-bond donors (Lipinski definition) is 1. The summed E-state index contributed by atoms with van der Waals surface area (Å²) in [5, 5.41) is 2.40. The minimum absolute atomic E-state index is 0.854. The maximum Gasteiger partial charge on any atom is 0.148 e. The molecule has 1 nitrogen and oxygen atoms in total. The van der Waals surface area contributed by atoms with Crippen molar-refractivity contribution in [1.82, 2.24) is 0 Å². The van der Waals surface area contributed by atoms with Crippen LogP contribution in [-0.4, -0.2) is 0 Å². The summed E-state index contributed by atoms with van der Waals surface area (Å²) in [5.74, 6) is 1.77. The lowest BCUT2D eigenvalue weighted by atomic mass is 9.95. The molecule has 0 saturated carbocycles. The molecule has 18 heavy (non-hydrogen) atoms. The molecule has 2 heteroatoms. The van der Waals surface area contributed by atoms with Crippen LogP contribution in [0.1, 0.15) is 0 Å². The summed E-state index contributed by atoms with van der Waals surface area (Å²) in [4.78, 5) is 0.874. The molecule has 0 fully saturated rings. The standard InChI is InChI=1S/C16H10OS/c18-14-9-3-7-12-11-6-1-4-10-5-2-8-13(15(10)11)17-16(12)14/h1-9,18H. The summed E-state index contributed by atoms with van der Waals surface area (Å²) in [6.45, 7) is 0. The lowest BCUT2D eigenvalue weighted by Gasteiger charge is -2.22. The number of fused-ring (bicyclic) bond motifs is 2. The van der Waals surface area contributed by atoms with Crippen LogP contribution in [0.5, 0.6) is 11.5 Å². The first-order valence-electron chi connectivity index (χ1n) is 5.86. The minimum atomic E-state index is 0.854. The summed E-state index contributed by atoms with van der Waals surface area (Å²) in [6, 6.07) is 18.5. The highest BCUT2D eigenvalue weighted by atomic mass is 32.1. The van der Waals surface area contributed by atoms with Gasteiger partial charge in [-0.3, -0.25) is 0 Å². The maximum absolute atomic E-state index is 6.00. The van der Waals surface area contributed by atoms with Gasteiger partial charge < -0.3 is 4.74 Å². The molecule has 3 aromatic carbocycles. The van der Waals surface area contributed by atoms with Gasteiger partial charge in [0.15, 0.2) is 0 Å². The van der Waals surface area contributed by atoms with Crippen molar-refractivity contribution in [2.45, 2.75) is 4.90 Å². The molecule has 0 unspecified atom stereocenters. The summed E-state index contributed by atoms with van der Waals surface area (Å²) in [7, 11) is 0. The Morgan fingerprint density at radius 1 is 0.778 bits per heavy atom. The van der Waals surface area contributed by atoms with Crippen LogP contribution in [0.15, 0.2) is 59.5 Å². The first-order chi connectivity index (χ1) is 8.84. The fourth-order valence-corrected chi connectivity index (χ4v) is 2.82. The third-order valence-corrected chi connectivity index (χ3v) is 3.72. The number of hydrogen-bond acceptors (Lipinski definition) is 2. The molecular formula is C16H10OS. The molecule has 0 aromatic heterocycles. The van der Waals surface area contributed by atoms with Crippen LogP contribution in [0.3, 0.4) is 0 Å². The van der Waals surface area contributed by atoms with Crippen molar-refractivity contribution in [3.05, 3.63) is 54.6 Å². The Labute approximate surface area is 110 Å². The molecule has 1 heterocycles. The number of thiol groups is 1. The van der Waals surface area contributed by atoms with Gasteiger partial charge >= 0.3 is 0 Å². The van der Waals surface area contributed by atoms with Crippen molar-refractivity contribution >= 4 is 23.4 Å². The fourth-order valence-electron chi connectivity index (χ4n) is 2.57. The van der Waals surface area contributed by atoms with Crippen LogP contribution in [0, 0.1) is 0 Å². The predicted octanol–water partition coefficient (Wildman–Crippen LogP) is 4.90. The topological polar surface area (TPSA) is 9.23 Å². The van der Waals surface area contributed by atoms with Gasteiger partial charge in [0.1, 0.15) is 11.5 Å². The lowest BCUT2D eigenvalue weighted by Crippen LogP contribution is -1.97. The van der Waals surface area contributed by atoms with Crippen molar-refractivity contribution in [3.8, 4) is 22.6 Å². The van der Waals surface area contributed by atoms with Crippen LogP contribution in [0.2, 0.25) is 0 Å². The Morgan fingerprint density at radius 3 is 2.39 bits per heavy atom. The molecule has 3 aromatic rings. The second-order valence-corrected chi connectivity index (χ2v) is 4.90. The van der Waals surface area contributed by atoms with Crippen molar-refractivity contribution in [1.29, 1.82) is 0 Å². The van der Waals surface area contributed by atoms with Gasteiger partial charge in [0.25, 0.3) is 0 Å². The summed E-state index contributed by atoms with van der Waals surface area (Å²) >= 11 is 4.48. The van der Waals surface area contributed by atoms with Crippen molar-refractivity contribution in [2.75, 3.05) is 0 Å². The summed E-state index contributed by atoms with van der Waals surface area (Å²) in [5.41, 5.74) is 2.34. The molecule has 0 saturated heterocycles. The van der Waals surface area contributed by atoms with E-state index in [4.69, 9.17) is 4.74 Å². The Bertz CT molecular complexity index is 772. The largest absolute Gasteiger partial charge is 0.455 e. The maximum atomic E-state index is 6.00. The Morgan fingerprint density at radius 2 is 1.50 bits per heavy atom. The zero-order chi connectivity index (χ0) is 12.1. The molecule has 1 aliphatic heterocycles. The average Bonchev–Trinajstić information content (AvgIpc) is 2.41. The molecule has 4 rings (SSSR count). The Balaban J connectivity index is 2.21. The third kappa shape index (κ3) is 1.24. The molecule has 0 spiro atoms. The van der Waals surface area contributed by atoms with Gasteiger partial charge in [0.2, 0.25) is 0 Å². The van der Waals surface area contributed by atoms with Gasteiger partial charge in [-0.2, -0.15) is 0 Å². The van der Waals surface area contributed by atoms with Crippen LogP contribution < -0.4 is 4.74 Å². The van der Waals surface area contributed by atoms with Crippen LogP contribution >= 0.6 is 12.6 Å². The first-order valence-corrected chi connectivity index (χ1v) is 6.31. The number of ether oxygens (including phenoxy) is 1. The second kappa shape index (κ2) is 3.53. The van der Waals surface area contributed by atoms with E-state index in [-0.39, 0.29) is 0 Å². The molecule has 1 aliphatic rings. The van der Waals surface area contributed by atoms with Crippen molar-refractivity contribution < 1.29 is 4.74 Å². The summed E-state index contributed by atoms with van der Waals surface area (Å²) < 4.78 is 6.00. The van der Waals surface area contributed by atoms with E-state index in [2.05, 4.69) is 43.0 Å². The molecule has 86 valence electrons. The second-order valence-electron chi connectivity index (χ2n) is 4.42. The van der Waals surface area contributed by atoms with Gasteiger partial charge in [-0.05, 0) is 23.1 Å². The molecule has 0 N–H and O–H groups in total. The highest BCUT2D eigenvalue weighted by Crippen LogP contribution is 2.48. The van der Waals surface area contributed by atoms with E-state index in [1.807, 2.05) is 24.3 Å². The van der Waals surface area contributed by atoms with Gasteiger partial charge in [0, 0.05) is 15.8 Å². The first kappa shape index (κ1) is 10.0. The van der Waals surface area contributed by atoms with E-state index in [1.54, 1.807) is 0 Å². The van der Waals surface area contributed by atoms with E-state index in [1.165, 1.54) is 16.3 Å². The average molecular weight is 250 g/mol. The normalized spacial score (nSPS) is 12.1. The predicted molar refractivity (Wildman–Crippen MR) is 76.7 cm³/mol. The quantitative estimate of drug-likeness (QED) is 0.437. The summed E-state index contributed by atoms with van der Waals surface area (Å²) in [6.07, 6.45) is 0. The van der Waals surface area contributed by atoms with Crippen molar-refractivity contribution in [2.24, 2.45) is 0 Å². The highest BCUT2D eigenvalue weighted by molar-refractivity contribution is 7.80. The smallest absolute Gasteiger partial charge is 0.148 e.